The van der Waals surface area contributed by atoms with E-state index in [-0.39, 0.29) is 0 Å². The molecule has 21 heavy (non-hydrogen) atoms. The maximum absolute atomic E-state index is 4.64. The quantitative estimate of drug-likeness (QED) is 0.520. The molecule has 1 N–H and O–H groups in total. The van der Waals surface area contributed by atoms with E-state index in [2.05, 4.69) is 59.3 Å². The van der Waals surface area contributed by atoms with Crippen LogP contribution in [-0.2, 0) is 0 Å². The molecule has 2 aromatic carbocycles. The van der Waals surface area contributed by atoms with E-state index >= 15 is 0 Å². The molecule has 0 aliphatic rings. The van der Waals surface area contributed by atoms with E-state index in [1.54, 1.807) is 0 Å². The molecule has 3 aromatic rings. The van der Waals surface area contributed by atoms with Crippen LogP contribution in [0.1, 0.15) is 5.56 Å². The van der Waals surface area contributed by atoms with Gasteiger partial charge in [0.25, 0.3) is 0 Å². The Bertz CT molecular complexity index is 812. The number of hydrogen-bond acceptors (Lipinski definition) is 1. The molecule has 0 fully saturated rings. The van der Waals surface area contributed by atoms with Crippen molar-refractivity contribution in [3.05, 3.63) is 54.1 Å². The Morgan fingerprint density at radius 1 is 1.00 bits per heavy atom. The fourth-order valence-electron chi connectivity index (χ4n) is 2.09. The molecule has 0 saturated carbocycles. The monoisotopic (exact) mass is 290 g/mol. The van der Waals surface area contributed by atoms with Crippen molar-refractivity contribution in [3.8, 4) is 22.9 Å². The molecule has 0 saturated heterocycles. The van der Waals surface area contributed by atoms with Gasteiger partial charge in [0.15, 0.2) is 0 Å². The minimum Gasteiger partial charge on any atom is -0.338 e. The number of fused-ring (bicyclic) bond motifs is 1. The normalized spacial score (nSPS) is 11.2. The number of hydrogen-bond donors (Lipinski definition) is 1. The predicted octanol–water partition coefficient (Wildman–Crippen LogP) is 4.46. The van der Waals surface area contributed by atoms with Crippen LogP contribution in [-0.4, -0.2) is 18.0 Å². The zero-order valence-corrected chi connectivity index (χ0v) is 13.6. The van der Waals surface area contributed by atoms with E-state index in [4.69, 9.17) is 0 Å². The second-order valence-corrected chi connectivity index (χ2v) is 10.9. The molecule has 0 amide bonds. The van der Waals surface area contributed by atoms with Gasteiger partial charge >= 0.3 is 0 Å². The molecule has 1 aromatic heterocycles. The van der Waals surface area contributed by atoms with Crippen molar-refractivity contribution in [3.63, 3.8) is 0 Å². The smallest absolute Gasteiger partial charge is 0.138 e. The van der Waals surface area contributed by atoms with Gasteiger partial charge in [0.2, 0.25) is 0 Å². The molecule has 0 spiro atoms. The van der Waals surface area contributed by atoms with E-state index in [0.29, 0.717) is 0 Å². The molecule has 3 rings (SSSR count). The highest BCUT2D eigenvalue weighted by molar-refractivity contribution is 6.83. The minimum absolute atomic E-state index is 0.896. The summed E-state index contributed by atoms with van der Waals surface area (Å²) in [6.07, 6.45) is 0. The Morgan fingerprint density at radius 3 is 2.57 bits per heavy atom. The SMILES string of the molecule is C[Si](C)(C)C#Cc1cccc(-c2nc3ccccc3[nH]2)c1. The molecular formula is C18H18N2Si. The third kappa shape index (κ3) is 3.23. The lowest BCUT2D eigenvalue weighted by Crippen LogP contribution is -2.16. The van der Waals surface area contributed by atoms with Gasteiger partial charge in [-0.2, -0.15) is 0 Å². The summed E-state index contributed by atoms with van der Waals surface area (Å²) in [4.78, 5) is 8.00. The Morgan fingerprint density at radius 2 is 1.81 bits per heavy atom. The summed E-state index contributed by atoms with van der Waals surface area (Å²) in [6, 6.07) is 16.3. The average molecular weight is 290 g/mol. The topological polar surface area (TPSA) is 28.7 Å². The summed E-state index contributed by atoms with van der Waals surface area (Å²) < 4.78 is 0. The number of aromatic nitrogens is 2. The first-order valence-electron chi connectivity index (χ1n) is 7.10. The molecule has 0 radical (unpaired) electrons. The van der Waals surface area contributed by atoms with Crippen LogP contribution in [0.4, 0.5) is 0 Å². The van der Waals surface area contributed by atoms with Crippen LogP contribution in [0.5, 0.6) is 0 Å². The number of H-pyrrole nitrogens is 1. The van der Waals surface area contributed by atoms with Crippen molar-refractivity contribution >= 4 is 19.1 Å². The molecule has 1 heterocycles. The van der Waals surface area contributed by atoms with Crippen molar-refractivity contribution in [2.45, 2.75) is 19.6 Å². The van der Waals surface area contributed by atoms with Gasteiger partial charge in [-0.3, -0.25) is 0 Å². The summed E-state index contributed by atoms with van der Waals surface area (Å²) in [7, 11) is -1.35. The Balaban J connectivity index is 2.00. The van der Waals surface area contributed by atoms with Crippen molar-refractivity contribution in [2.75, 3.05) is 0 Å². The van der Waals surface area contributed by atoms with E-state index < -0.39 is 8.07 Å². The fraction of sp³-hybridized carbons (Fsp3) is 0.167. The number of para-hydroxylation sites is 2. The average Bonchev–Trinajstić information content (AvgIpc) is 2.89. The van der Waals surface area contributed by atoms with Gasteiger partial charge < -0.3 is 4.98 Å². The van der Waals surface area contributed by atoms with Gasteiger partial charge in [0.1, 0.15) is 13.9 Å². The molecule has 0 bridgehead atoms. The largest absolute Gasteiger partial charge is 0.338 e. The van der Waals surface area contributed by atoms with Crippen LogP contribution in [0.2, 0.25) is 19.6 Å². The highest BCUT2D eigenvalue weighted by atomic mass is 28.3. The summed E-state index contributed by atoms with van der Waals surface area (Å²) >= 11 is 0. The van der Waals surface area contributed by atoms with E-state index in [0.717, 1.165) is 28.0 Å². The van der Waals surface area contributed by atoms with Gasteiger partial charge in [0.05, 0.1) is 11.0 Å². The van der Waals surface area contributed by atoms with Gasteiger partial charge in [-0.25, -0.2) is 4.98 Å². The highest BCUT2D eigenvalue weighted by Crippen LogP contribution is 2.21. The van der Waals surface area contributed by atoms with Gasteiger partial charge in [-0.05, 0) is 24.3 Å². The molecule has 2 nitrogen and oxygen atoms in total. The first-order valence-corrected chi connectivity index (χ1v) is 10.6. The molecule has 0 aliphatic heterocycles. The number of imidazole rings is 1. The zero-order chi connectivity index (χ0) is 14.9. The minimum atomic E-state index is -1.35. The van der Waals surface area contributed by atoms with Crippen LogP contribution in [0.3, 0.4) is 0 Å². The third-order valence-corrected chi connectivity index (χ3v) is 3.98. The third-order valence-electron chi connectivity index (χ3n) is 3.11. The lowest BCUT2D eigenvalue weighted by Gasteiger charge is -2.03. The predicted molar refractivity (Wildman–Crippen MR) is 91.8 cm³/mol. The van der Waals surface area contributed by atoms with Crippen molar-refractivity contribution in [1.29, 1.82) is 0 Å². The number of nitrogens with zero attached hydrogens (tertiary/aromatic N) is 1. The van der Waals surface area contributed by atoms with Crippen molar-refractivity contribution < 1.29 is 0 Å². The number of rotatable bonds is 1. The summed E-state index contributed by atoms with van der Waals surface area (Å²) in [5.74, 6) is 4.19. The molecule has 104 valence electrons. The first-order chi connectivity index (χ1) is 10.0. The standard InChI is InChI=1S/C18H18N2Si/c1-21(2,3)12-11-14-7-6-8-15(13-14)18-19-16-9-4-5-10-17(16)20-18/h4-10,13H,1-3H3,(H,19,20). The number of benzene rings is 2. The molecule has 0 aliphatic carbocycles. The second-order valence-electron chi connectivity index (χ2n) is 6.18. The molecule has 0 unspecified atom stereocenters. The van der Waals surface area contributed by atoms with Crippen LogP contribution < -0.4 is 0 Å². The Hall–Kier alpha value is -2.31. The fourth-order valence-corrected chi connectivity index (χ4v) is 2.61. The van der Waals surface area contributed by atoms with Gasteiger partial charge in [0, 0.05) is 11.1 Å². The van der Waals surface area contributed by atoms with Crippen LogP contribution in [0, 0.1) is 11.5 Å². The lowest BCUT2D eigenvalue weighted by atomic mass is 10.1. The van der Waals surface area contributed by atoms with Crippen LogP contribution in [0.25, 0.3) is 22.4 Å². The summed E-state index contributed by atoms with van der Waals surface area (Å²) in [6.45, 7) is 6.76. The maximum Gasteiger partial charge on any atom is 0.138 e. The Labute approximate surface area is 126 Å². The van der Waals surface area contributed by atoms with Crippen LogP contribution >= 0.6 is 0 Å². The summed E-state index contributed by atoms with van der Waals surface area (Å²) in [5.41, 5.74) is 7.58. The van der Waals surface area contributed by atoms with E-state index in [1.165, 1.54) is 0 Å². The summed E-state index contributed by atoms with van der Waals surface area (Å²) in [5, 5.41) is 0. The maximum atomic E-state index is 4.64. The molecule has 0 atom stereocenters. The molecular weight excluding hydrogens is 272 g/mol. The van der Waals surface area contributed by atoms with E-state index in [1.807, 2.05) is 30.3 Å². The second kappa shape index (κ2) is 5.23. The van der Waals surface area contributed by atoms with Gasteiger partial charge in [-0.15, -0.1) is 5.54 Å². The first kappa shape index (κ1) is 13.7. The van der Waals surface area contributed by atoms with Crippen molar-refractivity contribution in [2.24, 2.45) is 0 Å². The Kier molecular flexibility index (Phi) is 3.40. The van der Waals surface area contributed by atoms with Gasteiger partial charge in [-0.1, -0.05) is 49.8 Å². The lowest BCUT2D eigenvalue weighted by molar-refractivity contribution is 1.33. The van der Waals surface area contributed by atoms with Crippen LogP contribution in [0.15, 0.2) is 48.5 Å². The zero-order valence-electron chi connectivity index (χ0n) is 12.6. The molecule has 3 heteroatoms. The number of nitrogens with one attached hydrogen (secondary N) is 1. The van der Waals surface area contributed by atoms with Crippen molar-refractivity contribution in [1.82, 2.24) is 9.97 Å². The van der Waals surface area contributed by atoms with E-state index in [9.17, 15) is 0 Å². The highest BCUT2D eigenvalue weighted by Gasteiger charge is 2.08. The number of aromatic amines is 1.